The van der Waals surface area contributed by atoms with Gasteiger partial charge in [-0.3, -0.25) is 0 Å². The summed E-state index contributed by atoms with van der Waals surface area (Å²) in [5.74, 6) is -0.624. The van der Waals surface area contributed by atoms with Gasteiger partial charge in [0, 0.05) is 15.2 Å². The zero-order chi connectivity index (χ0) is 13.6. The standard InChI is InChI=1S/C10H11BrClFO4S/c11-8-1-2-10(9(13)7-8)17-4-3-16-5-6-18(12,14)15/h1-2,7H,3-6H2. The van der Waals surface area contributed by atoms with E-state index in [9.17, 15) is 12.8 Å². The molecule has 0 aliphatic rings. The monoisotopic (exact) mass is 360 g/mol. The Hall–Kier alpha value is -0.370. The SMILES string of the molecule is O=S(=O)(Cl)CCOCCOc1ccc(Br)cc1F. The molecule has 102 valence electrons. The Morgan fingerprint density at radius 1 is 1.28 bits per heavy atom. The van der Waals surface area contributed by atoms with Crippen LogP contribution in [-0.4, -0.2) is 34.0 Å². The lowest BCUT2D eigenvalue weighted by molar-refractivity contribution is 0.110. The molecule has 1 aromatic carbocycles. The van der Waals surface area contributed by atoms with Gasteiger partial charge in [-0.2, -0.15) is 0 Å². The molecule has 0 spiro atoms. The molecule has 0 aliphatic carbocycles. The summed E-state index contributed by atoms with van der Waals surface area (Å²) in [4.78, 5) is 0. The molecule has 0 aromatic heterocycles. The average Bonchev–Trinajstić information content (AvgIpc) is 2.24. The lowest BCUT2D eigenvalue weighted by Gasteiger charge is -2.07. The molecule has 0 saturated heterocycles. The molecule has 0 aliphatic heterocycles. The third-order valence-corrected chi connectivity index (χ3v) is 3.46. The summed E-state index contributed by atoms with van der Waals surface area (Å²) in [6.07, 6.45) is 0. The van der Waals surface area contributed by atoms with Gasteiger partial charge in [-0.25, -0.2) is 12.8 Å². The van der Waals surface area contributed by atoms with Crippen LogP contribution >= 0.6 is 26.6 Å². The van der Waals surface area contributed by atoms with Gasteiger partial charge in [-0.05, 0) is 18.2 Å². The summed E-state index contributed by atoms with van der Waals surface area (Å²) in [7, 11) is 1.45. The number of hydrogen-bond acceptors (Lipinski definition) is 4. The Kier molecular flexibility index (Phi) is 6.34. The highest BCUT2D eigenvalue weighted by atomic mass is 79.9. The summed E-state index contributed by atoms with van der Waals surface area (Å²) in [5, 5.41) is 0. The van der Waals surface area contributed by atoms with Crippen molar-refractivity contribution in [1.29, 1.82) is 0 Å². The lowest BCUT2D eigenvalue weighted by atomic mass is 10.3. The second-order valence-corrected chi connectivity index (χ2v) is 7.09. The van der Waals surface area contributed by atoms with E-state index in [4.69, 9.17) is 20.2 Å². The van der Waals surface area contributed by atoms with E-state index in [2.05, 4.69) is 15.9 Å². The van der Waals surface area contributed by atoms with Crippen LogP contribution in [0.3, 0.4) is 0 Å². The largest absolute Gasteiger partial charge is 0.488 e. The van der Waals surface area contributed by atoms with E-state index in [0.717, 1.165) is 0 Å². The third-order valence-electron chi connectivity index (χ3n) is 1.85. The second-order valence-electron chi connectivity index (χ2n) is 3.28. The first kappa shape index (κ1) is 15.7. The second kappa shape index (κ2) is 7.28. The summed E-state index contributed by atoms with van der Waals surface area (Å²) >= 11 is 3.13. The van der Waals surface area contributed by atoms with Crippen LogP contribution < -0.4 is 4.74 Å². The van der Waals surface area contributed by atoms with Gasteiger partial charge in [0.2, 0.25) is 9.05 Å². The zero-order valence-corrected chi connectivity index (χ0v) is 12.4. The molecule has 0 N–H and O–H groups in total. The van der Waals surface area contributed by atoms with Gasteiger partial charge in [0.15, 0.2) is 11.6 Å². The Morgan fingerprint density at radius 2 is 2.00 bits per heavy atom. The molecule has 1 aromatic rings. The van der Waals surface area contributed by atoms with E-state index in [-0.39, 0.29) is 31.3 Å². The third kappa shape index (κ3) is 6.53. The van der Waals surface area contributed by atoms with Crippen molar-refractivity contribution in [1.82, 2.24) is 0 Å². The van der Waals surface area contributed by atoms with Crippen molar-refractivity contribution in [2.75, 3.05) is 25.6 Å². The van der Waals surface area contributed by atoms with E-state index in [0.29, 0.717) is 4.47 Å². The molecule has 0 radical (unpaired) electrons. The van der Waals surface area contributed by atoms with Crippen LogP contribution in [0.1, 0.15) is 0 Å². The Bertz CT molecular complexity index is 495. The summed E-state index contributed by atoms with van der Waals surface area (Å²) < 4.78 is 45.1. The van der Waals surface area contributed by atoms with Crippen molar-refractivity contribution < 1.29 is 22.3 Å². The fourth-order valence-electron chi connectivity index (χ4n) is 1.06. The van der Waals surface area contributed by atoms with E-state index in [1.165, 1.54) is 12.1 Å². The van der Waals surface area contributed by atoms with Crippen LogP contribution in [0.5, 0.6) is 5.75 Å². The van der Waals surface area contributed by atoms with Gasteiger partial charge in [0.1, 0.15) is 6.61 Å². The smallest absolute Gasteiger partial charge is 0.234 e. The fraction of sp³-hybridized carbons (Fsp3) is 0.400. The average molecular weight is 362 g/mol. The summed E-state index contributed by atoms with van der Waals surface area (Å²) in [6, 6.07) is 4.43. The van der Waals surface area contributed by atoms with Crippen LogP contribution in [0.2, 0.25) is 0 Å². The van der Waals surface area contributed by atoms with Gasteiger partial charge in [0.25, 0.3) is 0 Å². The maximum Gasteiger partial charge on any atom is 0.234 e. The van der Waals surface area contributed by atoms with Crippen molar-refractivity contribution in [2.45, 2.75) is 0 Å². The Labute approximate surface area is 118 Å². The number of hydrogen-bond donors (Lipinski definition) is 0. The predicted octanol–water partition coefficient (Wildman–Crippen LogP) is 2.55. The maximum absolute atomic E-state index is 13.3. The van der Waals surface area contributed by atoms with Crippen LogP contribution in [0.15, 0.2) is 22.7 Å². The van der Waals surface area contributed by atoms with Crippen molar-refractivity contribution in [3.63, 3.8) is 0 Å². The molecular formula is C10H11BrClFO4S. The maximum atomic E-state index is 13.3. The predicted molar refractivity (Wildman–Crippen MR) is 70.1 cm³/mol. The number of halogens is 3. The van der Waals surface area contributed by atoms with Gasteiger partial charge in [-0.15, -0.1) is 0 Å². The molecule has 0 unspecified atom stereocenters. The highest BCUT2D eigenvalue weighted by Crippen LogP contribution is 2.21. The Balaban J connectivity index is 2.22. The van der Waals surface area contributed by atoms with Crippen molar-refractivity contribution in [2.24, 2.45) is 0 Å². The molecule has 0 atom stereocenters. The normalized spacial score (nSPS) is 11.5. The van der Waals surface area contributed by atoms with Gasteiger partial charge >= 0.3 is 0 Å². The molecule has 8 heteroatoms. The van der Waals surface area contributed by atoms with Crippen molar-refractivity contribution >= 4 is 35.7 Å². The van der Waals surface area contributed by atoms with Gasteiger partial charge in [-0.1, -0.05) is 15.9 Å². The molecule has 0 amide bonds. The Morgan fingerprint density at radius 3 is 2.61 bits per heavy atom. The minimum Gasteiger partial charge on any atom is -0.488 e. The van der Waals surface area contributed by atoms with E-state index in [1.807, 2.05) is 0 Å². The minimum absolute atomic E-state index is 0.0159. The highest BCUT2D eigenvalue weighted by molar-refractivity contribution is 9.10. The highest BCUT2D eigenvalue weighted by Gasteiger charge is 2.05. The zero-order valence-electron chi connectivity index (χ0n) is 9.24. The number of benzene rings is 1. The van der Waals surface area contributed by atoms with Crippen LogP contribution in [0.4, 0.5) is 4.39 Å². The van der Waals surface area contributed by atoms with E-state index in [1.54, 1.807) is 6.07 Å². The van der Waals surface area contributed by atoms with Crippen molar-refractivity contribution in [3.8, 4) is 5.75 Å². The molecule has 0 bridgehead atoms. The van der Waals surface area contributed by atoms with Crippen LogP contribution in [0, 0.1) is 5.82 Å². The number of ether oxygens (including phenoxy) is 2. The fourth-order valence-corrected chi connectivity index (χ4v) is 1.90. The lowest BCUT2D eigenvalue weighted by Crippen LogP contribution is -2.12. The quantitative estimate of drug-likeness (QED) is 0.553. The topological polar surface area (TPSA) is 52.6 Å². The minimum atomic E-state index is -3.53. The molecule has 18 heavy (non-hydrogen) atoms. The molecule has 0 saturated carbocycles. The van der Waals surface area contributed by atoms with E-state index < -0.39 is 14.9 Å². The summed E-state index contributed by atoms with van der Waals surface area (Å²) in [6.45, 7) is 0.265. The molecule has 1 rings (SSSR count). The number of rotatable bonds is 7. The first-order chi connectivity index (χ1) is 8.38. The first-order valence-corrected chi connectivity index (χ1v) is 8.23. The van der Waals surface area contributed by atoms with Crippen LogP contribution in [0.25, 0.3) is 0 Å². The molecule has 0 fully saturated rings. The molecule has 0 heterocycles. The summed E-state index contributed by atoms with van der Waals surface area (Å²) in [5.41, 5.74) is 0. The van der Waals surface area contributed by atoms with Crippen LogP contribution in [-0.2, 0) is 13.8 Å². The molecular weight excluding hydrogens is 351 g/mol. The van der Waals surface area contributed by atoms with Crippen molar-refractivity contribution in [3.05, 3.63) is 28.5 Å². The van der Waals surface area contributed by atoms with E-state index >= 15 is 0 Å². The van der Waals surface area contributed by atoms with Gasteiger partial charge in [0.05, 0.1) is 19.0 Å². The molecule has 4 nitrogen and oxygen atoms in total. The van der Waals surface area contributed by atoms with Gasteiger partial charge < -0.3 is 9.47 Å². The first-order valence-electron chi connectivity index (χ1n) is 4.96.